The van der Waals surface area contributed by atoms with Crippen LogP contribution >= 0.6 is 12.6 Å². The number of hydrogen-bond donors (Lipinski definition) is 1. The number of thiol groups is 1. The zero-order valence-electron chi connectivity index (χ0n) is 7.44. The van der Waals surface area contributed by atoms with Crippen molar-refractivity contribution in [3.05, 3.63) is 18.2 Å². The van der Waals surface area contributed by atoms with E-state index < -0.39 is 0 Å². The van der Waals surface area contributed by atoms with E-state index >= 15 is 0 Å². The van der Waals surface area contributed by atoms with Crippen LogP contribution in [-0.2, 0) is 0 Å². The molecule has 0 spiro atoms. The summed E-state index contributed by atoms with van der Waals surface area (Å²) < 4.78 is 9.73. The lowest BCUT2D eigenvalue weighted by Crippen LogP contribution is -1.90. The number of pyridine rings is 1. The first-order valence-corrected chi connectivity index (χ1v) is 4.26. The predicted octanol–water partition coefficient (Wildman–Crippen LogP) is 1.64. The third kappa shape index (κ3) is 3.48. The Morgan fingerprint density at radius 3 is 1.83 bits per heavy atom. The van der Waals surface area contributed by atoms with Crippen LogP contribution in [0.5, 0.6) is 11.8 Å². The highest BCUT2D eigenvalue weighted by molar-refractivity contribution is 7.79. The molecular weight excluding hydrogens is 174 g/mol. The van der Waals surface area contributed by atoms with Crippen molar-refractivity contribution in [3.63, 3.8) is 0 Å². The Hall–Kier alpha value is -0.900. The fourth-order valence-electron chi connectivity index (χ4n) is 0.623. The van der Waals surface area contributed by atoms with Crippen molar-refractivity contribution in [3.8, 4) is 11.8 Å². The third-order valence-corrected chi connectivity index (χ3v) is 1.12. The Morgan fingerprint density at radius 2 is 1.50 bits per heavy atom. The lowest BCUT2D eigenvalue weighted by molar-refractivity contribution is 0.364. The first kappa shape index (κ1) is 11.1. The maximum atomic E-state index is 4.87. The zero-order chi connectivity index (χ0) is 9.40. The monoisotopic (exact) mass is 187 g/mol. The van der Waals surface area contributed by atoms with E-state index in [4.69, 9.17) is 9.47 Å². The molecule has 0 aliphatic carbocycles. The molecule has 0 unspecified atom stereocenters. The van der Waals surface area contributed by atoms with Crippen molar-refractivity contribution in [2.45, 2.75) is 0 Å². The SMILES string of the molecule is COc1cccc(OC)n1.CS. The molecule has 1 heterocycles. The molecule has 0 aromatic carbocycles. The van der Waals surface area contributed by atoms with Gasteiger partial charge in [-0.05, 0) is 6.26 Å². The van der Waals surface area contributed by atoms with E-state index in [1.54, 1.807) is 32.6 Å². The van der Waals surface area contributed by atoms with Crippen molar-refractivity contribution < 1.29 is 9.47 Å². The molecular formula is C8H13NO2S. The molecule has 1 aromatic heterocycles. The van der Waals surface area contributed by atoms with Crippen LogP contribution in [0.2, 0.25) is 0 Å². The van der Waals surface area contributed by atoms with Crippen molar-refractivity contribution in [2.75, 3.05) is 20.5 Å². The van der Waals surface area contributed by atoms with Gasteiger partial charge in [-0.2, -0.15) is 17.6 Å². The third-order valence-electron chi connectivity index (χ3n) is 1.12. The normalized spacial score (nSPS) is 8.00. The van der Waals surface area contributed by atoms with Crippen LogP contribution in [0.3, 0.4) is 0 Å². The molecule has 0 bridgehead atoms. The van der Waals surface area contributed by atoms with E-state index in [-0.39, 0.29) is 0 Å². The maximum Gasteiger partial charge on any atom is 0.216 e. The number of methoxy groups -OCH3 is 2. The van der Waals surface area contributed by atoms with E-state index in [0.717, 1.165) is 0 Å². The Balaban J connectivity index is 0.000000561. The van der Waals surface area contributed by atoms with Crippen LogP contribution in [0.4, 0.5) is 0 Å². The topological polar surface area (TPSA) is 31.4 Å². The first-order valence-electron chi connectivity index (χ1n) is 3.36. The second-order valence-electron chi connectivity index (χ2n) is 1.72. The van der Waals surface area contributed by atoms with Gasteiger partial charge in [0.1, 0.15) is 0 Å². The molecule has 0 N–H and O–H groups in total. The Bertz CT molecular complexity index is 199. The molecule has 0 saturated heterocycles. The zero-order valence-corrected chi connectivity index (χ0v) is 8.34. The molecule has 4 heteroatoms. The smallest absolute Gasteiger partial charge is 0.216 e. The highest BCUT2D eigenvalue weighted by Gasteiger charge is 1.93. The minimum atomic E-state index is 0.569. The summed E-state index contributed by atoms with van der Waals surface area (Å²) in [6, 6.07) is 5.36. The summed E-state index contributed by atoms with van der Waals surface area (Å²) >= 11 is 3.53. The second kappa shape index (κ2) is 6.79. The largest absolute Gasteiger partial charge is 0.481 e. The summed E-state index contributed by atoms with van der Waals surface area (Å²) in [7, 11) is 3.14. The summed E-state index contributed by atoms with van der Waals surface area (Å²) in [4.78, 5) is 3.97. The first-order chi connectivity index (χ1) is 5.86. The summed E-state index contributed by atoms with van der Waals surface area (Å²) in [5.74, 6) is 1.14. The molecule has 0 radical (unpaired) electrons. The molecule has 0 amide bonds. The standard InChI is InChI=1S/C7H9NO2.CH4S/c1-9-6-4-3-5-7(8-6)10-2;1-2/h3-5H,1-2H3;2H,1H3. The molecule has 0 fully saturated rings. The van der Waals surface area contributed by atoms with Crippen LogP contribution in [0.25, 0.3) is 0 Å². The molecule has 3 nitrogen and oxygen atoms in total. The molecule has 0 atom stereocenters. The molecule has 68 valence electrons. The van der Waals surface area contributed by atoms with Crippen molar-refractivity contribution in [1.29, 1.82) is 0 Å². The van der Waals surface area contributed by atoms with E-state index in [9.17, 15) is 0 Å². The Morgan fingerprint density at radius 1 is 1.08 bits per heavy atom. The molecule has 0 aliphatic heterocycles. The van der Waals surface area contributed by atoms with Crippen LogP contribution in [-0.4, -0.2) is 25.5 Å². The number of ether oxygens (including phenoxy) is 2. The van der Waals surface area contributed by atoms with Crippen molar-refractivity contribution in [2.24, 2.45) is 0 Å². The highest BCUT2D eigenvalue weighted by atomic mass is 32.1. The highest BCUT2D eigenvalue weighted by Crippen LogP contribution is 2.11. The van der Waals surface area contributed by atoms with Gasteiger partial charge in [-0.1, -0.05) is 6.07 Å². The van der Waals surface area contributed by atoms with Gasteiger partial charge in [-0.25, -0.2) is 0 Å². The lowest BCUT2D eigenvalue weighted by atomic mass is 10.5. The quantitative estimate of drug-likeness (QED) is 0.714. The van der Waals surface area contributed by atoms with E-state index in [1.165, 1.54) is 0 Å². The summed E-state index contributed by atoms with van der Waals surface area (Å²) in [6.07, 6.45) is 1.69. The van der Waals surface area contributed by atoms with Gasteiger partial charge in [-0.3, -0.25) is 0 Å². The molecule has 1 aromatic rings. The summed E-state index contributed by atoms with van der Waals surface area (Å²) in [5, 5.41) is 0. The molecule has 0 saturated carbocycles. The fraction of sp³-hybridized carbons (Fsp3) is 0.375. The van der Waals surface area contributed by atoms with Gasteiger partial charge < -0.3 is 9.47 Å². The van der Waals surface area contributed by atoms with E-state index in [1.807, 2.05) is 6.07 Å². The molecule has 0 aliphatic rings. The minimum Gasteiger partial charge on any atom is -0.481 e. The molecule has 12 heavy (non-hydrogen) atoms. The number of hydrogen-bond acceptors (Lipinski definition) is 4. The average molecular weight is 187 g/mol. The lowest BCUT2D eigenvalue weighted by Gasteiger charge is -1.99. The van der Waals surface area contributed by atoms with Crippen LogP contribution in [0, 0.1) is 0 Å². The van der Waals surface area contributed by atoms with Gasteiger partial charge in [0.2, 0.25) is 11.8 Å². The van der Waals surface area contributed by atoms with Gasteiger partial charge >= 0.3 is 0 Å². The Labute approximate surface area is 78.1 Å². The van der Waals surface area contributed by atoms with Gasteiger partial charge in [0, 0.05) is 12.1 Å². The van der Waals surface area contributed by atoms with E-state index in [0.29, 0.717) is 11.8 Å². The second-order valence-corrected chi connectivity index (χ2v) is 1.72. The summed E-state index contributed by atoms with van der Waals surface area (Å²) in [5.41, 5.74) is 0. The van der Waals surface area contributed by atoms with Gasteiger partial charge in [0.25, 0.3) is 0 Å². The van der Waals surface area contributed by atoms with E-state index in [2.05, 4.69) is 17.6 Å². The van der Waals surface area contributed by atoms with Crippen molar-refractivity contribution >= 4 is 12.6 Å². The van der Waals surface area contributed by atoms with Crippen LogP contribution in [0.1, 0.15) is 0 Å². The Kier molecular flexibility index (Phi) is 6.28. The number of rotatable bonds is 2. The minimum absolute atomic E-state index is 0.569. The molecule has 1 rings (SSSR count). The van der Waals surface area contributed by atoms with Crippen LogP contribution in [0.15, 0.2) is 18.2 Å². The average Bonchev–Trinajstić information content (AvgIpc) is 2.21. The van der Waals surface area contributed by atoms with Crippen LogP contribution < -0.4 is 9.47 Å². The number of nitrogens with zero attached hydrogens (tertiary/aromatic N) is 1. The maximum absolute atomic E-state index is 4.87. The van der Waals surface area contributed by atoms with Gasteiger partial charge in [0.05, 0.1) is 14.2 Å². The fourth-order valence-corrected chi connectivity index (χ4v) is 0.623. The van der Waals surface area contributed by atoms with Gasteiger partial charge in [-0.15, -0.1) is 0 Å². The van der Waals surface area contributed by atoms with Crippen molar-refractivity contribution in [1.82, 2.24) is 4.98 Å². The summed E-state index contributed by atoms with van der Waals surface area (Å²) in [6.45, 7) is 0. The predicted molar refractivity (Wildman–Crippen MR) is 52.3 cm³/mol. The number of aromatic nitrogens is 1. The van der Waals surface area contributed by atoms with Gasteiger partial charge in [0.15, 0.2) is 0 Å².